The fraction of sp³-hybridized carbons (Fsp3) is 0.516. The number of nitrogens with two attached hydrogens (primary N) is 1. The molecule has 3 atom stereocenters. The number of halogens is 1. The molecule has 246 valence electrons. The van der Waals surface area contributed by atoms with E-state index < -0.39 is 42.1 Å². The van der Waals surface area contributed by atoms with Crippen LogP contribution in [0, 0.1) is 5.41 Å². The Hall–Kier alpha value is -4.04. The summed E-state index contributed by atoms with van der Waals surface area (Å²) in [6.07, 6.45) is 1.98. The lowest BCUT2D eigenvalue weighted by molar-refractivity contribution is -0.139. The van der Waals surface area contributed by atoms with Gasteiger partial charge in [0.05, 0.1) is 32.3 Å². The minimum absolute atomic E-state index is 0.0544. The van der Waals surface area contributed by atoms with Crippen molar-refractivity contribution in [2.24, 2.45) is 5.73 Å². The zero-order valence-electron chi connectivity index (χ0n) is 25.4. The zero-order valence-corrected chi connectivity index (χ0v) is 26.2. The number of carboxylic acid groups (broad SMARTS) is 1. The number of nitrogens with zero attached hydrogens (tertiary/aromatic N) is 1. The van der Waals surface area contributed by atoms with Gasteiger partial charge in [0.1, 0.15) is 17.6 Å². The van der Waals surface area contributed by atoms with Crippen LogP contribution in [0.3, 0.4) is 0 Å². The fourth-order valence-corrected chi connectivity index (χ4v) is 5.77. The van der Waals surface area contributed by atoms with Gasteiger partial charge in [0, 0.05) is 41.7 Å². The maximum Gasteiger partial charge on any atom is 0.303 e. The highest BCUT2D eigenvalue weighted by Crippen LogP contribution is 2.32. The Morgan fingerprint density at radius 3 is 2.60 bits per heavy atom. The Kier molecular flexibility index (Phi) is 13.7. The minimum Gasteiger partial charge on any atom is -0.494 e. The maximum absolute atomic E-state index is 16.0. The van der Waals surface area contributed by atoms with E-state index in [0.717, 1.165) is 9.78 Å². The number of ether oxygens (including phenoxy) is 2. The van der Waals surface area contributed by atoms with Crippen molar-refractivity contribution >= 4 is 40.9 Å². The number of carbonyl (C=O) groups is 4. The van der Waals surface area contributed by atoms with Gasteiger partial charge in [-0.3, -0.25) is 24.6 Å². The number of unbranched alkanes of at least 4 members (excludes halogenated alkanes) is 2. The maximum atomic E-state index is 16.0. The highest BCUT2D eigenvalue weighted by molar-refractivity contribution is 7.10. The standard InChI is InChI=1S/C31H42FN5O7S/c1-21(25-15-22(18-45-25)29(33)34)36-30(42)24-16-31(32,20-43-13-7-3-6-12-28(40)41)19-37(24)27(39)17-35-26(38)11-8-14-44-23-9-4-2-5-10-23/h2,4-5,9-10,15,18,21,24H,3,6-8,11-14,16-17,19-20H2,1H3,(H3,33,34)(H,35,38)(H,36,42)(H,40,41)/t21-,24+,31-/m1/s1. The van der Waals surface area contributed by atoms with Crippen LogP contribution in [-0.4, -0.2) is 84.2 Å². The lowest BCUT2D eigenvalue weighted by atomic mass is 10.0. The van der Waals surface area contributed by atoms with E-state index in [4.69, 9.17) is 25.7 Å². The Morgan fingerprint density at radius 2 is 1.91 bits per heavy atom. The summed E-state index contributed by atoms with van der Waals surface area (Å²) in [5, 5.41) is 23.4. The molecule has 0 unspecified atom stereocenters. The molecule has 1 aliphatic rings. The van der Waals surface area contributed by atoms with Crippen LogP contribution in [-0.2, 0) is 23.9 Å². The SMILES string of the molecule is C[C@@H](NC(=O)[C@@H]1C[C@](F)(COCCCCCC(=O)O)CN1C(=O)CNC(=O)CCCOc1ccccc1)c1cc(C(=N)N)cs1. The molecule has 3 amide bonds. The molecule has 0 bridgehead atoms. The van der Waals surface area contributed by atoms with Crippen LogP contribution < -0.4 is 21.1 Å². The summed E-state index contributed by atoms with van der Waals surface area (Å²) in [7, 11) is 0. The summed E-state index contributed by atoms with van der Waals surface area (Å²) < 4.78 is 27.1. The number of rotatable bonds is 19. The lowest BCUT2D eigenvalue weighted by Gasteiger charge is -2.25. The normalized spacial score (nSPS) is 18.3. The van der Waals surface area contributed by atoms with Gasteiger partial charge in [0.2, 0.25) is 17.7 Å². The lowest BCUT2D eigenvalue weighted by Crippen LogP contribution is -2.49. The predicted octanol–water partition coefficient (Wildman–Crippen LogP) is 3.16. The Morgan fingerprint density at radius 1 is 1.16 bits per heavy atom. The molecule has 14 heteroatoms. The molecule has 2 heterocycles. The average Bonchev–Trinajstić information content (AvgIpc) is 3.64. The number of hydrogen-bond acceptors (Lipinski definition) is 8. The van der Waals surface area contributed by atoms with E-state index in [1.807, 2.05) is 30.3 Å². The molecule has 1 aromatic carbocycles. The first-order valence-electron chi connectivity index (χ1n) is 14.9. The summed E-state index contributed by atoms with van der Waals surface area (Å²) in [6, 6.07) is 9.25. The third-order valence-electron chi connectivity index (χ3n) is 7.27. The molecule has 6 N–H and O–H groups in total. The number of alkyl halides is 1. The average molecular weight is 648 g/mol. The van der Waals surface area contributed by atoms with E-state index >= 15 is 4.39 Å². The molecule has 0 aliphatic carbocycles. The van der Waals surface area contributed by atoms with E-state index in [2.05, 4.69) is 10.6 Å². The van der Waals surface area contributed by atoms with Gasteiger partial charge in [-0.25, -0.2) is 4.39 Å². The number of carboxylic acids is 1. The number of amidine groups is 1. The molecule has 1 aromatic heterocycles. The van der Waals surface area contributed by atoms with Crippen LogP contribution in [0.15, 0.2) is 41.8 Å². The number of benzene rings is 1. The van der Waals surface area contributed by atoms with Crippen molar-refractivity contribution in [2.45, 2.75) is 69.6 Å². The molecule has 1 saturated heterocycles. The smallest absolute Gasteiger partial charge is 0.303 e. The van der Waals surface area contributed by atoms with E-state index in [0.29, 0.717) is 43.6 Å². The molecule has 0 saturated carbocycles. The van der Waals surface area contributed by atoms with E-state index in [9.17, 15) is 19.2 Å². The van der Waals surface area contributed by atoms with Crippen molar-refractivity contribution < 1.29 is 38.1 Å². The topological polar surface area (TPSA) is 184 Å². The third-order valence-corrected chi connectivity index (χ3v) is 8.38. The van der Waals surface area contributed by atoms with Crippen LogP contribution in [0.2, 0.25) is 0 Å². The van der Waals surface area contributed by atoms with Gasteiger partial charge < -0.3 is 35.8 Å². The summed E-state index contributed by atoms with van der Waals surface area (Å²) in [5.41, 5.74) is 4.08. The van der Waals surface area contributed by atoms with Gasteiger partial charge in [-0.1, -0.05) is 24.6 Å². The summed E-state index contributed by atoms with van der Waals surface area (Å²) in [6.45, 7) is 1.16. The van der Waals surface area contributed by atoms with Crippen LogP contribution in [0.1, 0.15) is 68.4 Å². The van der Waals surface area contributed by atoms with Gasteiger partial charge in [-0.15, -0.1) is 11.3 Å². The van der Waals surface area contributed by atoms with Gasteiger partial charge >= 0.3 is 5.97 Å². The highest BCUT2D eigenvalue weighted by Gasteiger charge is 2.49. The Labute approximate surface area is 266 Å². The second-order valence-electron chi connectivity index (χ2n) is 11.1. The van der Waals surface area contributed by atoms with Crippen LogP contribution in [0.4, 0.5) is 4.39 Å². The van der Waals surface area contributed by atoms with Crippen molar-refractivity contribution in [3.63, 3.8) is 0 Å². The molecule has 3 rings (SSSR count). The Bertz CT molecular complexity index is 1310. The fourth-order valence-electron chi connectivity index (χ4n) is 4.86. The summed E-state index contributed by atoms with van der Waals surface area (Å²) in [5.74, 6) is -1.80. The number of likely N-dealkylation sites (tertiary alicyclic amines) is 1. The number of nitrogen functional groups attached to an aromatic ring is 1. The van der Waals surface area contributed by atoms with Gasteiger partial charge in [-0.2, -0.15) is 0 Å². The number of para-hydroxylation sites is 1. The first-order chi connectivity index (χ1) is 21.5. The van der Waals surface area contributed by atoms with E-state index in [1.165, 1.54) is 11.3 Å². The number of thiophene rings is 1. The molecule has 12 nitrogen and oxygen atoms in total. The summed E-state index contributed by atoms with van der Waals surface area (Å²) >= 11 is 1.32. The third kappa shape index (κ3) is 11.8. The number of carbonyl (C=O) groups excluding carboxylic acids is 3. The van der Waals surface area contributed by atoms with Crippen molar-refractivity contribution in [1.29, 1.82) is 5.41 Å². The second-order valence-corrected chi connectivity index (χ2v) is 12.0. The molecule has 45 heavy (non-hydrogen) atoms. The molecule has 1 fully saturated rings. The van der Waals surface area contributed by atoms with Crippen molar-refractivity contribution in [3.05, 3.63) is 52.2 Å². The molecule has 0 radical (unpaired) electrons. The van der Waals surface area contributed by atoms with Crippen molar-refractivity contribution in [3.8, 4) is 5.75 Å². The molecule has 2 aromatic rings. The number of nitrogens with one attached hydrogen (secondary N) is 3. The predicted molar refractivity (Wildman–Crippen MR) is 167 cm³/mol. The number of amides is 3. The highest BCUT2D eigenvalue weighted by atomic mass is 32.1. The monoisotopic (exact) mass is 647 g/mol. The van der Waals surface area contributed by atoms with Crippen molar-refractivity contribution in [1.82, 2.24) is 15.5 Å². The van der Waals surface area contributed by atoms with Gasteiger partial charge in [0.15, 0.2) is 5.67 Å². The quantitative estimate of drug-likeness (QED) is 0.0875. The molecular formula is C31H42FN5O7S. The number of aliphatic carboxylic acids is 1. The summed E-state index contributed by atoms with van der Waals surface area (Å²) in [4.78, 5) is 51.5. The molecule has 1 aliphatic heterocycles. The van der Waals surface area contributed by atoms with Crippen LogP contribution in [0.25, 0.3) is 0 Å². The van der Waals surface area contributed by atoms with Gasteiger partial charge in [0.25, 0.3) is 0 Å². The molecular weight excluding hydrogens is 605 g/mol. The van der Waals surface area contributed by atoms with E-state index in [-0.39, 0.29) is 50.8 Å². The first kappa shape index (κ1) is 35.4. The van der Waals surface area contributed by atoms with Crippen LogP contribution >= 0.6 is 11.3 Å². The van der Waals surface area contributed by atoms with E-state index in [1.54, 1.807) is 18.4 Å². The minimum atomic E-state index is -1.99. The van der Waals surface area contributed by atoms with Crippen molar-refractivity contribution in [2.75, 3.05) is 32.9 Å². The molecule has 0 spiro atoms. The zero-order chi connectivity index (χ0) is 32.8. The second kappa shape index (κ2) is 17.4. The first-order valence-corrected chi connectivity index (χ1v) is 15.8. The van der Waals surface area contributed by atoms with Gasteiger partial charge in [-0.05, 0) is 44.4 Å². The largest absolute Gasteiger partial charge is 0.494 e. The Balaban J connectivity index is 1.55. The number of hydrogen-bond donors (Lipinski definition) is 5. The van der Waals surface area contributed by atoms with Crippen LogP contribution in [0.5, 0.6) is 5.75 Å².